The molecule has 2 fully saturated rings. The summed E-state index contributed by atoms with van der Waals surface area (Å²) in [5, 5.41) is 9.55. The van der Waals surface area contributed by atoms with Gasteiger partial charge in [0.05, 0.1) is 12.2 Å². The predicted octanol–water partition coefficient (Wildman–Crippen LogP) is 2.60. The van der Waals surface area contributed by atoms with Crippen LogP contribution in [0.2, 0.25) is 5.02 Å². The zero-order chi connectivity index (χ0) is 16.4. The normalized spacial score (nSPS) is 21.1. The number of aliphatic carboxylic acids is 1. The highest BCUT2D eigenvalue weighted by Crippen LogP contribution is 2.31. The van der Waals surface area contributed by atoms with Crippen LogP contribution >= 0.6 is 11.6 Å². The predicted molar refractivity (Wildman–Crippen MR) is 83.8 cm³/mol. The van der Waals surface area contributed by atoms with E-state index in [1.807, 2.05) is 0 Å². The molecule has 124 valence electrons. The molecular weight excluding hydrogens is 320 g/mol. The molecular formula is C16H19ClN2O4. The van der Waals surface area contributed by atoms with E-state index in [0.717, 1.165) is 12.8 Å². The first-order chi connectivity index (χ1) is 11.1. The Morgan fingerprint density at radius 3 is 2.78 bits per heavy atom. The fraction of sp³-hybridized carbons (Fsp3) is 0.562. The van der Waals surface area contributed by atoms with Gasteiger partial charge in [-0.25, -0.2) is 9.78 Å². The van der Waals surface area contributed by atoms with Gasteiger partial charge in [0.25, 0.3) is 5.91 Å². The second kappa shape index (κ2) is 6.74. The minimum Gasteiger partial charge on any atom is -0.480 e. The Morgan fingerprint density at radius 1 is 1.35 bits per heavy atom. The minimum atomic E-state index is -0.971. The minimum absolute atomic E-state index is 0.278. The second-order valence-electron chi connectivity index (χ2n) is 6.11. The number of amides is 1. The molecule has 0 bridgehead atoms. The number of carbonyl (C=O) groups is 2. The number of halogens is 1. The molecule has 1 N–H and O–H groups in total. The quantitative estimate of drug-likeness (QED) is 0.892. The first-order valence-electron chi connectivity index (χ1n) is 7.88. The van der Waals surface area contributed by atoms with Crippen molar-refractivity contribution in [2.45, 2.75) is 38.1 Å². The van der Waals surface area contributed by atoms with Crippen molar-refractivity contribution in [1.29, 1.82) is 0 Å². The first-order valence-corrected chi connectivity index (χ1v) is 8.26. The van der Waals surface area contributed by atoms with Gasteiger partial charge in [-0.3, -0.25) is 4.79 Å². The number of hydrogen-bond acceptors (Lipinski definition) is 4. The third kappa shape index (κ3) is 3.75. The van der Waals surface area contributed by atoms with E-state index in [9.17, 15) is 14.7 Å². The van der Waals surface area contributed by atoms with E-state index in [2.05, 4.69) is 4.98 Å². The highest BCUT2D eigenvalue weighted by molar-refractivity contribution is 6.32. The van der Waals surface area contributed by atoms with Crippen LogP contribution in [0.25, 0.3) is 0 Å². The van der Waals surface area contributed by atoms with Crippen LogP contribution in [-0.2, 0) is 4.79 Å². The molecule has 1 atom stereocenters. The number of ether oxygens (including phenoxy) is 1. The number of carbonyl (C=O) groups excluding carboxylic acids is 1. The summed E-state index contributed by atoms with van der Waals surface area (Å²) in [4.78, 5) is 29.4. The fourth-order valence-corrected chi connectivity index (χ4v) is 2.95. The molecule has 1 saturated carbocycles. The molecule has 6 nitrogen and oxygen atoms in total. The van der Waals surface area contributed by atoms with Gasteiger partial charge in [-0.15, -0.1) is 0 Å². The Labute approximate surface area is 139 Å². The first kappa shape index (κ1) is 16.1. The molecule has 3 rings (SSSR count). The maximum absolute atomic E-state index is 12.6. The van der Waals surface area contributed by atoms with Gasteiger partial charge in [-0.05, 0) is 44.1 Å². The number of likely N-dealkylation sites (tertiary alicyclic amines) is 1. The van der Waals surface area contributed by atoms with Crippen LogP contribution in [-0.4, -0.2) is 46.1 Å². The van der Waals surface area contributed by atoms with E-state index >= 15 is 0 Å². The Morgan fingerprint density at radius 2 is 2.13 bits per heavy atom. The van der Waals surface area contributed by atoms with Crippen molar-refractivity contribution in [3.63, 3.8) is 0 Å². The van der Waals surface area contributed by atoms with Gasteiger partial charge < -0.3 is 14.7 Å². The zero-order valence-electron chi connectivity index (χ0n) is 12.7. The molecule has 1 aromatic rings. The maximum atomic E-state index is 12.6. The Bertz CT molecular complexity index is 618. The van der Waals surface area contributed by atoms with Crippen molar-refractivity contribution in [3.05, 3.63) is 22.8 Å². The largest absolute Gasteiger partial charge is 0.480 e. The zero-order valence-corrected chi connectivity index (χ0v) is 13.5. The van der Waals surface area contributed by atoms with Crippen molar-refractivity contribution in [3.8, 4) is 5.88 Å². The van der Waals surface area contributed by atoms with Gasteiger partial charge >= 0.3 is 5.97 Å². The maximum Gasteiger partial charge on any atom is 0.326 e. The van der Waals surface area contributed by atoms with Gasteiger partial charge in [0, 0.05) is 12.7 Å². The highest BCUT2D eigenvalue weighted by atomic mass is 35.5. The summed E-state index contributed by atoms with van der Waals surface area (Å²) in [6.45, 7) is 1.03. The van der Waals surface area contributed by atoms with Gasteiger partial charge in [-0.1, -0.05) is 11.6 Å². The van der Waals surface area contributed by atoms with Gasteiger partial charge in [0.1, 0.15) is 11.1 Å². The average molecular weight is 339 g/mol. The Hall–Kier alpha value is -1.82. The van der Waals surface area contributed by atoms with E-state index in [-0.39, 0.29) is 10.9 Å². The Balaban J connectivity index is 1.72. The third-order valence-electron chi connectivity index (χ3n) is 4.26. The molecule has 0 radical (unpaired) electrons. The summed E-state index contributed by atoms with van der Waals surface area (Å²) in [6.07, 6.45) is 5.83. The summed E-state index contributed by atoms with van der Waals surface area (Å²) in [5.41, 5.74) is 0.293. The molecule has 2 heterocycles. The molecule has 1 aromatic heterocycles. The molecule has 2 aliphatic rings. The van der Waals surface area contributed by atoms with Crippen LogP contribution in [0.15, 0.2) is 12.3 Å². The number of piperidine rings is 1. The number of nitrogens with zero attached hydrogens (tertiary/aromatic N) is 2. The highest BCUT2D eigenvalue weighted by Gasteiger charge is 2.33. The Kier molecular flexibility index (Phi) is 4.71. The summed E-state index contributed by atoms with van der Waals surface area (Å²) < 4.78 is 5.54. The molecule has 0 unspecified atom stereocenters. The lowest BCUT2D eigenvalue weighted by Crippen LogP contribution is -2.48. The van der Waals surface area contributed by atoms with Gasteiger partial charge in [-0.2, -0.15) is 0 Å². The van der Waals surface area contributed by atoms with Crippen molar-refractivity contribution in [1.82, 2.24) is 9.88 Å². The second-order valence-corrected chi connectivity index (χ2v) is 6.52. The van der Waals surface area contributed by atoms with E-state index < -0.39 is 12.0 Å². The SMILES string of the molecule is O=C(O)[C@H]1CCCCN1C(=O)c1cnc(OCC2CC2)c(Cl)c1. The molecule has 23 heavy (non-hydrogen) atoms. The average Bonchev–Trinajstić information content (AvgIpc) is 3.37. The number of aromatic nitrogens is 1. The lowest BCUT2D eigenvalue weighted by atomic mass is 10.0. The van der Waals surface area contributed by atoms with Crippen LogP contribution < -0.4 is 4.74 Å². The summed E-state index contributed by atoms with van der Waals surface area (Å²) >= 11 is 6.14. The van der Waals surface area contributed by atoms with Crippen molar-refractivity contribution >= 4 is 23.5 Å². The van der Waals surface area contributed by atoms with Crippen molar-refractivity contribution in [2.75, 3.05) is 13.2 Å². The molecule has 0 spiro atoms. The summed E-state index contributed by atoms with van der Waals surface area (Å²) in [5.74, 6) is -0.413. The van der Waals surface area contributed by atoms with Crippen LogP contribution in [0.5, 0.6) is 5.88 Å². The van der Waals surface area contributed by atoms with E-state index in [1.54, 1.807) is 0 Å². The fourth-order valence-electron chi connectivity index (χ4n) is 2.73. The molecule has 0 aromatic carbocycles. The van der Waals surface area contributed by atoms with Crippen LogP contribution in [0.1, 0.15) is 42.5 Å². The van der Waals surface area contributed by atoms with Crippen LogP contribution in [0.3, 0.4) is 0 Å². The van der Waals surface area contributed by atoms with Crippen LogP contribution in [0.4, 0.5) is 0 Å². The molecule has 7 heteroatoms. The van der Waals surface area contributed by atoms with Crippen LogP contribution in [0, 0.1) is 5.92 Å². The molecule has 1 aliphatic heterocycles. The lowest BCUT2D eigenvalue weighted by molar-refractivity contribution is -0.143. The summed E-state index contributed by atoms with van der Waals surface area (Å²) in [7, 11) is 0. The molecule has 1 amide bonds. The lowest BCUT2D eigenvalue weighted by Gasteiger charge is -2.32. The number of carboxylic acids is 1. The van der Waals surface area contributed by atoms with E-state index in [1.165, 1.54) is 30.0 Å². The van der Waals surface area contributed by atoms with E-state index in [0.29, 0.717) is 36.9 Å². The number of pyridine rings is 1. The van der Waals surface area contributed by atoms with Gasteiger partial charge in [0.15, 0.2) is 0 Å². The van der Waals surface area contributed by atoms with Crippen molar-refractivity contribution < 1.29 is 19.4 Å². The molecule has 1 aliphatic carbocycles. The number of hydrogen-bond donors (Lipinski definition) is 1. The summed E-state index contributed by atoms with van der Waals surface area (Å²) in [6, 6.07) is 0.730. The third-order valence-corrected chi connectivity index (χ3v) is 4.53. The number of rotatable bonds is 5. The number of carboxylic acid groups (broad SMARTS) is 1. The molecule has 1 saturated heterocycles. The smallest absolute Gasteiger partial charge is 0.326 e. The van der Waals surface area contributed by atoms with E-state index in [4.69, 9.17) is 16.3 Å². The van der Waals surface area contributed by atoms with Gasteiger partial charge in [0.2, 0.25) is 5.88 Å². The van der Waals surface area contributed by atoms with Crippen molar-refractivity contribution in [2.24, 2.45) is 5.92 Å². The standard InChI is InChI=1S/C16H19ClN2O4/c17-12-7-11(8-18-14(12)23-9-10-4-5-10)15(20)19-6-2-1-3-13(19)16(21)22/h7-8,10,13H,1-6,9H2,(H,21,22)/t13-/m1/s1. The topological polar surface area (TPSA) is 79.7 Å². The monoisotopic (exact) mass is 338 g/mol.